The molecule has 0 aromatic heterocycles. The Bertz CT molecular complexity index is 206. The number of hydroxylamine groups is 2. The van der Waals surface area contributed by atoms with E-state index in [1.54, 1.807) is 0 Å². The summed E-state index contributed by atoms with van der Waals surface area (Å²) in [6.45, 7) is 7.92. The van der Waals surface area contributed by atoms with Gasteiger partial charge in [0.15, 0.2) is 0 Å². The Morgan fingerprint density at radius 1 is 1.31 bits per heavy atom. The van der Waals surface area contributed by atoms with Crippen LogP contribution in [0, 0.1) is 0 Å². The SMILES string of the molecule is CN1C(CBr)C(C)(C)N([O])C1(C)C. The van der Waals surface area contributed by atoms with E-state index in [4.69, 9.17) is 0 Å². The van der Waals surface area contributed by atoms with Crippen molar-refractivity contribution in [3.63, 3.8) is 0 Å². The van der Waals surface area contributed by atoms with Crippen molar-refractivity contribution in [1.29, 1.82) is 0 Å². The molecule has 4 heteroatoms. The van der Waals surface area contributed by atoms with Crippen molar-refractivity contribution in [3.05, 3.63) is 0 Å². The van der Waals surface area contributed by atoms with Crippen molar-refractivity contribution < 1.29 is 5.21 Å². The Morgan fingerprint density at radius 3 is 1.92 bits per heavy atom. The maximum absolute atomic E-state index is 12.0. The Kier molecular flexibility index (Phi) is 2.81. The lowest BCUT2D eigenvalue weighted by Crippen LogP contribution is -2.48. The molecule has 0 spiro atoms. The molecule has 1 fully saturated rings. The van der Waals surface area contributed by atoms with Crippen molar-refractivity contribution in [1.82, 2.24) is 9.96 Å². The summed E-state index contributed by atoms with van der Waals surface area (Å²) in [7, 11) is 2.01. The fraction of sp³-hybridized carbons (Fsp3) is 1.00. The quantitative estimate of drug-likeness (QED) is 0.664. The maximum Gasteiger partial charge on any atom is 0.0959 e. The standard InChI is InChI=1S/C9H18BrN2O/c1-8(2)7(6-10)11(5)9(3,4)12(8)13/h7H,6H2,1-5H3. The first-order valence-corrected chi connectivity index (χ1v) is 5.64. The van der Waals surface area contributed by atoms with Crippen molar-refractivity contribution in [2.24, 2.45) is 0 Å². The van der Waals surface area contributed by atoms with Crippen LogP contribution in [0.25, 0.3) is 0 Å². The van der Waals surface area contributed by atoms with Crippen LogP contribution in [0.15, 0.2) is 0 Å². The maximum atomic E-state index is 12.0. The number of halogens is 1. The molecule has 1 saturated heterocycles. The number of hydrogen-bond acceptors (Lipinski definition) is 2. The number of hydrogen-bond donors (Lipinski definition) is 0. The van der Waals surface area contributed by atoms with Gasteiger partial charge in [0, 0.05) is 11.4 Å². The predicted molar refractivity (Wildman–Crippen MR) is 56.0 cm³/mol. The molecule has 1 radical (unpaired) electrons. The lowest BCUT2D eigenvalue weighted by molar-refractivity contribution is -0.257. The second-order valence-corrected chi connectivity index (χ2v) is 5.37. The van der Waals surface area contributed by atoms with Crippen LogP contribution in [0.4, 0.5) is 0 Å². The van der Waals surface area contributed by atoms with Gasteiger partial charge in [-0.15, -0.1) is 10.3 Å². The Morgan fingerprint density at radius 2 is 1.77 bits per heavy atom. The van der Waals surface area contributed by atoms with Crippen LogP contribution in [0.5, 0.6) is 0 Å². The molecule has 1 aliphatic heterocycles. The highest BCUT2D eigenvalue weighted by atomic mass is 79.9. The van der Waals surface area contributed by atoms with E-state index in [1.165, 1.54) is 5.06 Å². The zero-order valence-electron chi connectivity index (χ0n) is 8.97. The first-order chi connectivity index (χ1) is 5.76. The molecular formula is C9H18BrN2O. The first kappa shape index (κ1) is 11.4. The van der Waals surface area contributed by atoms with Gasteiger partial charge < -0.3 is 0 Å². The zero-order valence-corrected chi connectivity index (χ0v) is 10.6. The van der Waals surface area contributed by atoms with Crippen molar-refractivity contribution in [2.75, 3.05) is 12.4 Å². The Labute approximate surface area is 88.8 Å². The summed E-state index contributed by atoms with van der Waals surface area (Å²) in [6.07, 6.45) is 0. The highest BCUT2D eigenvalue weighted by molar-refractivity contribution is 9.09. The number of likely N-dealkylation sites (N-methyl/N-ethyl adjacent to an activating group) is 1. The molecule has 1 unspecified atom stereocenters. The normalized spacial score (nSPS) is 33.9. The average molecular weight is 250 g/mol. The summed E-state index contributed by atoms with van der Waals surface area (Å²) < 4.78 is 0. The van der Waals surface area contributed by atoms with E-state index in [-0.39, 0.29) is 11.6 Å². The summed E-state index contributed by atoms with van der Waals surface area (Å²) in [5.74, 6) is 0. The van der Waals surface area contributed by atoms with E-state index in [1.807, 2.05) is 34.7 Å². The van der Waals surface area contributed by atoms with Gasteiger partial charge in [-0.1, -0.05) is 15.9 Å². The highest BCUT2D eigenvalue weighted by Crippen LogP contribution is 2.40. The van der Waals surface area contributed by atoms with Crippen LogP contribution in [-0.4, -0.2) is 39.6 Å². The van der Waals surface area contributed by atoms with Crippen LogP contribution < -0.4 is 0 Å². The summed E-state index contributed by atoms with van der Waals surface area (Å²) in [6, 6.07) is 0.264. The molecule has 13 heavy (non-hydrogen) atoms. The fourth-order valence-electron chi connectivity index (χ4n) is 2.13. The number of nitrogens with zero attached hydrogens (tertiary/aromatic N) is 2. The molecule has 0 aromatic rings. The van der Waals surface area contributed by atoms with Gasteiger partial charge in [0.25, 0.3) is 0 Å². The smallest absolute Gasteiger partial charge is 0.0959 e. The van der Waals surface area contributed by atoms with Crippen LogP contribution >= 0.6 is 15.9 Å². The van der Waals surface area contributed by atoms with Crippen LogP contribution in [0.3, 0.4) is 0 Å². The monoisotopic (exact) mass is 249 g/mol. The van der Waals surface area contributed by atoms with E-state index < -0.39 is 5.66 Å². The summed E-state index contributed by atoms with van der Waals surface area (Å²) in [5.41, 5.74) is -0.719. The second kappa shape index (κ2) is 3.19. The lowest BCUT2D eigenvalue weighted by Gasteiger charge is -2.32. The minimum atomic E-state index is -0.401. The molecule has 1 atom stereocenters. The summed E-state index contributed by atoms with van der Waals surface area (Å²) in [5, 5.41) is 14.0. The van der Waals surface area contributed by atoms with Gasteiger partial charge >= 0.3 is 0 Å². The highest BCUT2D eigenvalue weighted by Gasteiger charge is 2.55. The molecule has 0 N–H and O–H groups in total. The summed E-state index contributed by atoms with van der Waals surface area (Å²) in [4.78, 5) is 2.13. The van der Waals surface area contributed by atoms with Gasteiger partial charge in [0.2, 0.25) is 0 Å². The molecule has 0 aliphatic carbocycles. The first-order valence-electron chi connectivity index (χ1n) is 4.52. The molecule has 0 saturated carbocycles. The second-order valence-electron chi connectivity index (χ2n) is 4.72. The van der Waals surface area contributed by atoms with Crippen LogP contribution in [0.1, 0.15) is 27.7 Å². The molecule has 1 heterocycles. The van der Waals surface area contributed by atoms with Crippen molar-refractivity contribution in [2.45, 2.75) is 44.9 Å². The molecule has 77 valence electrons. The molecule has 0 aromatic carbocycles. The van der Waals surface area contributed by atoms with Gasteiger partial charge in [-0.3, -0.25) is 4.90 Å². The van der Waals surface area contributed by atoms with Gasteiger partial charge in [-0.2, -0.15) is 0 Å². The number of alkyl halides is 1. The van der Waals surface area contributed by atoms with Gasteiger partial charge in [-0.05, 0) is 34.7 Å². The third-order valence-corrected chi connectivity index (χ3v) is 3.93. The zero-order chi connectivity index (χ0) is 10.4. The van der Waals surface area contributed by atoms with E-state index in [0.717, 1.165) is 5.33 Å². The van der Waals surface area contributed by atoms with E-state index >= 15 is 0 Å². The fourth-order valence-corrected chi connectivity index (χ4v) is 3.36. The molecule has 0 bridgehead atoms. The van der Waals surface area contributed by atoms with E-state index in [2.05, 4.69) is 20.8 Å². The largest absolute Gasteiger partial charge is 0.281 e. The average Bonchev–Trinajstić information content (AvgIpc) is 2.12. The van der Waals surface area contributed by atoms with Crippen LogP contribution in [-0.2, 0) is 5.21 Å². The minimum Gasteiger partial charge on any atom is -0.281 e. The molecular weight excluding hydrogens is 232 g/mol. The van der Waals surface area contributed by atoms with Gasteiger partial charge in [0.1, 0.15) is 0 Å². The van der Waals surface area contributed by atoms with Crippen molar-refractivity contribution in [3.8, 4) is 0 Å². The topological polar surface area (TPSA) is 26.4 Å². The molecule has 1 aliphatic rings. The van der Waals surface area contributed by atoms with Gasteiger partial charge in [0.05, 0.1) is 11.2 Å². The summed E-state index contributed by atoms with van der Waals surface area (Å²) >= 11 is 3.46. The van der Waals surface area contributed by atoms with E-state index in [9.17, 15) is 5.21 Å². The molecule has 0 amide bonds. The third kappa shape index (κ3) is 1.44. The molecule has 1 rings (SSSR count). The minimum absolute atomic E-state index is 0.264. The molecule has 3 nitrogen and oxygen atoms in total. The van der Waals surface area contributed by atoms with Gasteiger partial charge in [-0.25, -0.2) is 0 Å². The lowest BCUT2D eigenvalue weighted by atomic mass is 9.98. The third-order valence-electron chi connectivity index (χ3n) is 3.31. The van der Waals surface area contributed by atoms with E-state index in [0.29, 0.717) is 0 Å². The van der Waals surface area contributed by atoms with Crippen LogP contribution in [0.2, 0.25) is 0 Å². The van der Waals surface area contributed by atoms with Crippen molar-refractivity contribution >= 4 is 15.9 Å². The number of rotatable bonds is 1. The Balaban J connectivity index is 3.04. The Hall–Kier alpha value is 0.360. The predicted octanol–water partition coefficient (Wildman–Crippen LogP) is 1.86.